The average molecular weight is 456 g/mol. The van der Waals surface area contributed by atoms with E-state index in [1.807, 2.05) is 60.7 Å². The molecule has 0 aliphatic carbocycles. The molecular formula is C27H29N5O2. The molecule has 2 amide bonds. The van der Waals surface area contributed by atoms with Crippen LogP contribution in [0.5, 0.6) is 0 Å². The van der Waals surface area contributed by atoms with E-state index in [-0.39, 0.29) is 18.0 Å². The van der Waals surface area contributed by atoms with Crippen molar-refractivity contribution >= 4 is 22.8 Å². The highest BCUT2D eigenvalue weighted by Gasteiger charge is 2.34. The van der Waals surface area contributed by atoms with E-state index in [4.69, 9.17) is 9.84 Å². The number of aromatic nitrogens is 2. The maximum atomic E-state index is 13.3. The summed E-state index contributed by atoms with van der Waals surface area (Å²) in [7, 11) is 1.72. The SMILES string of the molecule is COCCN1C[C@@H](NC(=O)Nc2c3ccccc3nn2-c2ccccc2)[C@H](c2ccccc2)C1. The fourth-order valence-corrected chi connectivity index (χ4v) is 4.69. The van der Waals surface area contributed by atoms with Crippen LogP contribution in [0.1, 0.15) is 11.5 Å². The van der Waals surface area contributed by atoms with E-state index >= 15 is 0 Å². The van der Waals surface area contributed by atoms with Gasteiger partial charge in [0.05, 0.1) is 23.9 Å². The zero-order chi connectivity index (χ0) is 23.3. The van der Waals surface area contributed by atoms with E-state index in [9.17, 15) is 4.79 Å². The predicted octanol–water partition coefficient (Wildman–Crippen LogP) is 4.26. The van der Waals surface area contributed by atoms with E-state index in [1.165, 1.54) is 5.56 Å². The molecule has 0 saturated carbocycles. The molecule has 174 valence electrons. The van der Waals surface area contributed by atoms with Gasteiger partial charge in [0.2, 0.25) is 0 Å². The number of likely N-dealkylation sites (tertiary alicyclic amines) is 1. The fraction of sp³-hybridized carbons (Fsp3) is 0.259. The molecule has 2 atom stereocenters. The van der Waals surface area contributed by atoms with Crippen molar-refractivity contribution in [2.75, 3.05) is 38.7 Å². The van der Waals surface area contributed by atoms with Gasteiger partial charge >= 0.3 is 6.03 Å². The lowest BCUT2D eigenvalue weighted by Gasteiger charge is -2.21. The molecule has 0 spiro atoms. The van der Waals surface area contributed by atoms with Gasteiger partial charge < -0.3 is 10.1 Å². The Bertz CT molecular complexity index is 1240. The van der Waals surface area contributed by atoms with Crippen LogP contribution in [-0.2, 0) is 4.74 Å². The number of carbonyl (C=O) groups excluding carboxylic acids is 1. The van der Waals surface area contributed by atoms with Crippen LogP contribution >= 0.6 is 0 Å². The van der Waals surface area contributed by atoms with Crippen LogP contribution in [0.2, 0.25) is 0 Å². The van der Waals surface area contributed by atoms with Crippen LogP contribution in [-0.4, -0.2) is 60.1 Å². The number of para-hydroxylation sites is 1. The molecule has 7 heteroatoms. The van der Waals surface area contributed by atoms with Crippen molar-refractivity contribution in [2.45, 2.75) is 12.0 Å². The molecule has 2 heterocycles. The van der Waals surface area contributed by atoms with Crippen LogP contribution < -0.4 is 10.6 Å². The highest BCUT2D eigenvalue weighted by atomic mass is 16.5. The molecule has 1 aromatic heterocycles. The van der Waals surface area contributed by atoms with Crippen molar-refractivity contribution in [2.24, 2.45) is 0 Å². The summed E-state index contributed by atoms with van der Waals surface area (Å²) in [6.45, 7) is 3.16. The van der Waals surface area contributed by atoms with Crippen molar-refractivity contribution in [3.05, 3.63) is 90.5 Å². The van der Waals surface area contributed by atoms with Crippen molar-refractivity contribution in [1.29, 1.82) is 0 Å². The number of amides is 2. The third-order valence-corrected chi connectivity index (χ3v) is 6.36. The molecule has 4 aromatic rings. The number of rotatable bonds is 7. The quantitative estimate of drug-likeness (QED) is 0.437. The highest BCUT2D eigenvalue weighted by molar-refractivity contribution is 6.00. The first-order valence-electron chi connectivity index (χ1n) is 11.6. The molecule has 3 aromatic carbocycles. The summed E-state index contributed by atoms with van der Waals surface area (Å²) in [6.07, 6.45) is 0. The van der Waals surface area contributed by atoms with E-state index in [0.29, 0.717) is 12.4 Å². The Labute approximate surface area is 199 Å². The standard InChI is InChI=1S/C27H29N5O2/c1-34-17-16-31-18-23(20-10-4-2-5-11-20)25(19-31)28-27(33)29-26-22-14-8-9-15-24(22)30-32(26)21-12-6-3-7-13-21/h2-15,23,25H,16-19H2,1H3,(H2,28,29,33)/t23-,25+/m0/s1. The Morgan fingerprint density at radius 3 is 2.44 bits per heavy atom. The van der Waals surface area contributed by atoms with Gasteiger partial charge in [-0.1, -0.05) is 60.7 Å². The Balaban J connectivity index is 1.39. The minimum Gasteiger partial charge on any atom is -0.383 e. The van der Waals surface area contributed by atoms with E-state index in [2.05, 4.69) is 39.8 Å². The minimum absolute atomic E-state index is 0.0152. The first-order chi connectivity index (χ1) is 16.7. The number of carbonyl (C=O) groups is 1. The third-order valence-electron chi connectivity index (χ3n) is 6.36. The lowest BCUT2D eigenvalue weighted by atomic mass is 9.94. The van der Waals surface area contributed by atoms with Gasteiger partial charge in [-0.25, -0.2) is 9.48 Å². The topological polar surface area (TPSA) is 71.4 Å². The first kappa shape index (κ1) is 22.1. The molecule has 1 saturated heterocycles. The monoisotopic (exact) mass is 455 g/mol. The summed E-state index contributed by atoms with van der Waals surface area (Å²) < 4.78 is 7.07. The average Bonchev–Trinajstić information content (AvgIpc) is 3.45. The Hall–Kier alpha value is -3.68. The molecule has 1 aliphatic rings. The second-order valence-corrected chi connectivity index (χ2v) is 8.59. The first-order valence-corrected chi connectivity index (χ1v) is 11.6. The predicted molar refractivity (Wildman–Crippen MR) is 135 cm³/mol. The number of urea groups is 1. The molecule has 0 radical (unpaired) electrons. The van der Waals surface area contributed by atoms with Gasteiger partial charge in [0.1, 0.15) is 5.82 Å². The molecule has 1 fully saturated rings. The summed E-state index contributed by atoms with van der Waals surface area (Å²) in [5.41, 5.74) is 2.95. The minimum atomic E-state index is -0.234. The second kappa shape index (κ2) is 10.1. The van der Waals surface area contributed by atoms with Crippen molar-refractivity contribution < 1.29 is 9.53 Å². The molecule has 5 rings (SSSR count). The fourth-order valence-electron chi connectivity index (χ4n) is 4.69. The molecule has 1 aliphatic heterocycles. The second-order valence-electron chi connectivity index (χ2n) is 8.59. The Morgan fingerprint density at radius 2 is 1.68 bits per heavy atom. The molecular weight excluding hydrogens is 426 g/mol. The number of ether oxygens (including phenoxy) is 1. The lowest BCUT2D eigenvalue weighted by Crippen LogP contribution is -2.42. The number of nitrogens with one attached hydrogen (secondary N) is 2. The molecule has 0 bridgehead atoms. The maximum Gasteiger partial charge on any atom is 0.320 e. The van der Waals surface area contributed by atoms with Crippen molar-refractivity contribution in [3.63, 3.8) is 0 Å². The molecule has 34 heavy (non-hydrogen) atoms. The summed E-state index contributed by atoms with van der Waals surface area (Å²) in [6, 6.07) is 27.8. The van der Waals surface area contributed by atoms with Crippen LogP contribution in [0.25, 0.3) is 16.6 Å². The van der Waals surface area contributed by atoms with E-state index < -0.39 is 0 Å². The third kappa shape index (κ3) is 4.66. The molecule has 2 N–H and O–H groups in total. The maximum absolute atomic E-state index is 13.3. The van der Waals surface area contributed by atoms with Crippen LogP contribution in [0, 0.1) is 0 Å². The number of fused-ring (bicyclic) bond motifs is 1. The molecule has 7 nitrogen and oxygen atoms in total. The van der Waals surface area contributed by atoms with Gasteiger partial charge in [0.15, 0.2) is 0 Å². The number of methoxy groups -OCH3 is 1. The summed E-state index contributed by atoms with van der Waals surface area (Å²) in [5.74, 6) is 0.865. The normalized spacial score (nSPS) is 18.3. The van der Waals surface area contributed by atoms with Gasteiger partial charge in [-0.05, 0) is 29.8 Å². The molecule has 0 unspecified atom stereocenters. The number of benzene rings is 3. The summed E-state index contributed by atoms with van der Waals surface area (Å²) in [5, 5.41) is 12.0. The van der Waals surface area contributed by atoms with E-state index in [1.54, 1.807) is 11.8 Å². The highest BCUT2D eigenvalue weighted by Crippen LogP contribution is 2.29. The number of nitrogens with zero attached hydrogens (tertiary/aromatic N) is 3. The summed E-state index contributed by atoms with van der Waals surface area (Å²) in [4.78, 5) is 15.6. The van der Waals surface area contributed by atoms with Gasteiger partial charge in [-0.2, -0.15) is 5.10 Å². The van der Waals surface area contributed by atoms with Crippen LogP contribution in [0.3, 0.4) is 0 Å². The summed E-state index contributed by atoms with van der Waals surface area (Å²) >= 11 is 0. The number of hydrogen-bond donors (Lipinski definition) is 2. The Morgan fingerprint density at radius 1 is 0.971 bits per heavy atom. The number of hydrogen-bond acceptors (Lipinski definition) is 4. The largest absolute Gasteiger partial charge is 0.383 e. The van der Waals surface area contributed by atoms with Crippen LogP contribution in [0.15, 0.2) is 84.9 Å². The van der Waals surface area contributed by atoms with Gasteiger partial charge in [0.25, 0.3) is 0 Å². The zero-order valence-corrected chi connectivity index (χ0v) is 19.2. The Kier molecular flexibility index (Phi) is 6.56. The van der Waals surface area contributed by atoms with Gasteiger partial charge in [0, 0.05) is 38.0 Å². The lowest BCUT2D eigenvalue weighted by molar-refractivity contribution is 0.159. The van der Waals surface area contributed by atoms with Crippen molar-refractivity contribution in [3.8, 4) is 5.69 Å². The van der Waals surface area contributed by atoms with Crippen LogP contribution in [0.4, 0.5) is 10.6 Å². The van der Waals surface area contributed by atoms with Gasteiger partial charge in [-0.3, -0.25) is 10.2 Å². The smallest absolute Gasteiger partial charge is 0.320 e. The van der Waals surface area contributed by atoms with E-state index in [0.717, 1.165) is 36.2 Å². The zero-order valence-electron chi connectivity index (χ0n) is 19.2. The number of anilines is 1. The van der Waals surface area contributed by atoms with Gasteiger partial charge in [-0.15, -0.1) is 0 Å². The van der Waals surface area contributed by atoms with Crippen molar-refractivity contribution in [1.82, 2.24) is 20.0 Å².